The van der Waals surface area contributed by atoms with Crippen LogP contribution in [0.4, 0.5) is 0 Å². The molecule has 1 aliphatic carbocycles. The normalized spacial score (nSPS) is 23.5. The van der Waals surface area contributed by atoms with Crippen LogP contribution >= 0.6 is 0 Å². The van der Waals surface area contributed by atoms with Gasteiger partial charge in [0.25, 0.3) is 0 Å². The zero-order valence-corrected chi connectivity index (χ0v) is 8.90. The fraction of sp³-hybridized carbons (Fsp3) is 0.700. The van der Waals surface area contributed by atoms with Crippen molar-refractivity contribution in [1.82, 2.24) is 10.6 Å². The third-order valence-electron chi connectivity index (χ3n) is 2.74. The van der Waals surface area contributed by atoms with Gasteiger partial charge in [-0.15, -0.1) is 0 Å². The van der Waals surface area contributed by atoms with Crippen LogP contribution in [0.15, 0.2) is 0 Å². The lowest BCUT2D eigenvalue weighted by Gasteiger charge is -2.18. The standard InChI is InChI=1S/C10H15N3O3/c11-4-5-12-9(15)10(16)13-8-3-1-2-7(8)6-14/h7-8,14H,1-3,5-6H2,(H,12,15)(H,13,16). The third-order valence-corrected chi connectivity index (χ3v) is 2.74. The van der Waals surface area contributed by atoms with Crippen LogP contribution in [0.3, 0.4) is 0 Å². The molecule has 0 radical (unpaired) electrons. The minimum absolute atomic E-state index is 0.0186. The van der Waals surface area contributed by atoms with E-state index in [1.165, 1.54) is 0 Å². The van der Waals surface area contributed by atoms with E-state index in [1.807, 2.05) is 0 Å². The predicted octanol–water partition coefficient (Wildman–Crippen LogP) is -1.10. The molecule has 0 aromatic heterocycles. The van der Waals surface area contributed by atoms with Gasteiger partial charge in [0.05, 0.1) is 6.07 Å². The van der Waals surface area contributed by atoms with Crippen LogP contribution in [0.1, 0.15) is 19.3 Å². The summed E-state index contributed by atoms with van der Waals surface area (Å²) in [6.07, 6.45) is 2.58. The molecule has 1 rings (SSSR count). The number of amides is 2. The summed E-state index contributed by atoms with van der Waals surface area (Å²) in [5, 5.41) is 22.0. The Hall–Kier alpha value is -1.61. The number of hydrogen-bond acceptors (Lipinski definition) is 4. The van der Waals surface area contributed by atoms with Crippen LogP contribution in [0.25, 0.3) is 0 Å². The van der Waals surface area contributed by atoms with E-state index in [-0.39, 0.29) is 25.1 Å². The quantitative estimate of drug-likeness (QED) is 0.419. The Kier molecular flexibility index (Phi) is 4.73. The summed E-state index contributed by atoms with van der Waals surface area (Å²) in [6.45, 7) is -0.162. The van der Waals surface area contributed by atoms with Crippen molar-refractivity contribution in [3.05, 3.63) is 0 Å². The topological polar surface area (TPSA) is 102 Å². The first-order valence-corrected chi connectivity index (χ1v) is 5.25. The Labute approximate surface area is 93.6 Å². The van der Waals surface area contributed by atoms with E-state index in [1.54, 1.807) is 6.07 Å². The van der Waals surface area contributed by atoms with Crippen molar-refractivity contribution in [2.75, 3.05) is 13.2 Å². The molecule has 0 spiro atoms. The van der Waals surface area contributed by atoms with E-state index in [9.17, 15) is 9.59 Å². The van der Waals surface area contributed by atoms with Gasteiger partial charge in [-0.25, -0.2) is 0 Å². The van der Waals surface area contributed by atoms with Crippen LogP contribution in [-0.4, -0.2) is 36.1 Å². The first kappa shape index (κ1) is 12.5. The fourth-order valence-electron chi connectivity index (χ4n) is 1.88. The van der Waals surface area contributed by atoms with Gasteiger partial charge in [0.15, 0.2) is 0 Å². The number of aliphatic hydroxyl groups excluding tert-OH is 1. The lowest BCUT2D eigenvalue weighted by molar-refractivity contribution is -0.139. The zero-order chi connectivity index (χ0) is 12.0. The van der Waals surface area contributed by atoms with Crippen LogP contribution < -0.4 is 10.6 Å². The van der Waals surface area contributed by atoms with Crippen molar-refractivity contribution in [3.8, 4) is 6.07 Å². The van der Waals surface area contributed by atoms with Crippen molar-refractivity contribution in [2.45, 2.75) is 25.3 Å². The van der Waals surface area contributed by atoms with E-state index in [0.29, 0.717) is 0 Å². The van der Waals surface area contributed by atoms with Crippen molar-refractivity contribution < 1.29 is 14.7 Å². The van der Waals surface area contributed by atoms with Crippen LogP contribution in [0.5, 0.6) is 0 Å². The number of carbonyl (C=O) groups excluding carboxylic acids is 2. The number of rotatable bonds is 3. The lowest BCUT2D eigenvalue weighted by atomic mass is 10.1. The SMILES string of the molecule is N#CCNC(=O)C(=O)NC1CCCC1CO. The summed E-state index contributed by atoms with van der Waals surface area (Å²) in [4.78, 5) is 22.5. The highest BCUT2D eigenvalue weighted by Crippen LogP contribution is 2.24. The molecule has 0 aliphatic heterocycles. The molecule has 2 unspecified atom stereocenters. The summed E-state index contributed by atoms with van der Waals surface area (Å²) in [5.41, 5.74) is 0. The maximum absolute atomic E-state index is 11.4. The Bertz CT molecular complexity index is 311. The number of nitrogens with zero attached hydrogens (tertiary/aromatic N) is 1. The minimum atomic E-state index is -0.801. The summed E-state index contributed by atoms with van der Waals surface area (Å²) < 4.78 is 0. The number of nitrogens with one attached hydrogen (secondary N) is 2. The lowest BCUT2D eigenvalue weighted by Crippen LogP contribution is -2.46. The Balaban J connectivity index is 2.39. The second-order valence-electron chi connectivity index (χ2n) is 3.79. The largest absolute Gasteiger partial charge is 0.396 e. The second-order valence-corrected chi connectivity index (χ2v) is 3.79. The summed E-state index contributed by atoms with van der Waals surface area (Å²) >= 11 is 0. The molecule has 0 aromatic carbocycles. The van der Waals surface area contributed by atoms with Crippen LogP contribution in [0, 0.1) is 17.2 Å². The smallest absolute Gasteiger partial charge is 0.310 e. The van der Waals surface area contributed by atoms with Crippen LogP contribution in [0.2, 0.25) is 0 Å². The maximum Gasteiger partial charge on any atom is 0.310 e. The van der Waals surface area contributed by atoms with E-state index in [2.05, 4.69) is 10.6 Å². The molecule has 6 heteroatoms. The zero-order valence-electron chi connectivity index (χ0n) is 8.90. The predicted molar refractivity (Wildman–Crippen MR) is 55.0 cm³/mol. The summed E-state index contributed by atoms with van der Waals surface area (Å²) in [5.74, 6) is -1.50. The van der Waals surface area contributed by atoms with E-state index < -0.39 is 11.8 Å². The molecule has 1 aliphatic rings. The highest BCUT2D eigenvalue weighted by atomic mass is 16.3. The van der Waals surface area contributed by atoms with Crippen molar-refractivity contribution in [1.29, 1.82) is 5.26 Å². The molecule has 3 N–H and O–H groups in total. The molecule has 88 valence electrons. The third kappa shape index (κ3) is 3.21. The van der Waals surface area contributed by atoms with Crippen molar-refractivity contribution in [2.24, 2.45) is 5.92 Å². The molecule has 0 bridgehead atoms. The van der Waals surface area contributed by atoms with Gasteiger partial charge in [-0.1, -0.05) is 6.42 Å². The molecule has 0 aromatic rings. The monoisotopic (exact) mass is 225 g/mol. The average Bonchev–Trinajstić information content (AvgIpc) is 2.72. The van der Waals surface area contributed by atoms with Gasteiger partial charge >= 0.3 is 11.8 Å². The molecule has 16 heavy (non-hydrogen) atoms. The van der Waals surface area contributed by atoms with Crippen molar-refractivity contribution >= 4 is 11.8 Å². The Morgan fingerprint density at radius 3 is 2.75 bits per heavy atom. The number of hydrogen-bond donors (Lipinski definition) is 3. The molecular weight excluding hydrogens is 210 g/mol. The van der Waals surface area contributed by atoms with Gasteiger partial charge in [0.1, 0.15) is 6.54 Å². The summed E-state index contributed by atoms with van der Waals surface area (Å²) in [6, 6.07) is 1.58. The first-order chi connectivity index (χ1) is 7.69. The van der Waals surface area contributed by atoms with E-state index in [4.69, 9.17) is 10.4 Å². The van der Waals surface area contributed by atoms with Gasteiger partial charge < -0.3 is 15.7 Å². The van der Waals surface area contributed by atoms with Gasteiger partial charge in [0, 0.05) is 18.6 Å². The highest BCUT2D eigenvalue weighted by Gasteiger charge is 2.29. The number of nitriles is 1. The molecule has 2 amide bonds. The number of aliphatic hydroxyl groups is 1. The molecule has 1 fully saturated rings. The van der Waals surface area contributed by atoms with Gasteiger partial charge in [0.2, 0.25) is 0 Å². The molecule has 6 nitrogen and oxygen atoms in total. The molecule has 0 heterocycles. The maximum atomic E-state index is 11.4. The molecule has 0 saturated heterocycles. The Morgan fingerprint density at radius 2 is 2.12 bits per heavy atom. The van der Waals surface area contributed by atoms with E-state index in [0.717, 1.165) is 19.3 Å². The molecular formula is C10H15N3O3. The number of carbonyl (C=O) groups is 2. The highest BCUT2D eigenvalue weighted by molar-refractivity contribution is 6.35. The summed E-state index contributed by atoms with van der Waals surface area (Å²) in [7, 11) is 0. The van der Waals surface area contributed by atoms with E-state index >= 15 is 0 Å². The van der Waals surface area contributed by atoms with Crippen molar-refractivity contribution in [3.63, 3.8) is 0 Å². The van der Waals surface area contributed by atoms with Gasteiger partial charge in [-0.3, -0.25) is 9.59 Å². The van der Waals surface area contributed by atoms with Crippen LogP contribution in [-0.2, 0) is 9.59 Å². The average molecular weight is 225 g/mol. The molecule has 1 saturated carbocycles. The first-order valence-electron chi connectivity index (χ1n) is 5.25. The fourth-order valence-corrected chi connectivity index (χ4v) is 1.88. The Morgan fingerprint density at radius 1 is 1.38 bits per heavy atom. The minimum Gasteiger partial charge on any atom is -0.396 e. The second kappa shape index (κ2) is 6.08. The molecule has 2 atom stereocenters. The van der Waals surface area contributed by atoms with Gasteiger partial charge in [-0.2, -0.15) is 5.26 Å². The van der Waals surface area contributed by atoms with Gasteiger partial charge in [-0.05, 0) is 12.8 Å².